The maximum absolute atomic E-state index is 12.6. The molecule has 2 aromatic rings. The standard InChI is InChI=1S/C23H30N2O6S/c1-19-4-6-20(7-5-19)30-15-2-3-23(26)24-12-16-31-21-8-10-22(11-9-21)32(27,28)25-13-17-29-18-14-25/h4-11H,2-3,12-18H2,1H3,(H,24,26). The number of aryl methyl sites for hydroxylation is 1. The highest BCUT2D eigenvalue weighted by molar-refractivity contribution is 7.89. The van der Waals surface area contributed by atoms with Gasteiger partial charge in [0.2, 0.25) is 15.9 Å². The fourth-order valence-electron chi connectivity index (χ4n) is 3.15. The second kappa shape index (κ2) is 11.8. The highest BCUT2D eigenvalue weighted by Gasteiger charge is 2.26. The number of carbonyl (C=O) groups is 1. The quantitative estimate of drug-likeness (QED) is 0.516. The number of hydrogen-bond donors (Lipinski definition) is 1. The molecule has 1 N–H and O–H groups in total. The number of nitrogens with one attached hydrogen (secondary N) is 1. The van der Waals surface area contributed by atoms with Gasteiger partial charge in [-0.25, -0.2) is 8.42 Å². The molecule has 0 unspecified atom stereocenters. The van der Waals surface area contributed by atoms with Crippen LogP contribution < -0.4 is 14.8 Å². The van der Waals surface area contributed by atoms with Gasteiger partial charge in [0.1, 0.15) is 18.1 Å². The normalized spacial score (nSPS) is 14.7. The van der Waals surface area contributed by atoms with Gasteiger partial charge in [-0.2, -0.15) is 4.31 Å². The molecule has 0 aliphatic carbocycles. The molecule has 0 saturated carbocycles. The summed E-state index contributed by atoms with van der Waals surface area (Å²) in [5.41, 5.74) is 1.17. The Hall–Kier alpha value is -2.62. The fourth-order valence-corrected chi connectivity index (χ4v) is 4.56. The lowest BCUT2D eigenvalue weighted by atomic mass is 10.2. The average Bonchev–Trinajstić information content (AvgIpc) is 2.81. The maximum Gasteiger partial charge on any atom is 0.243 e. The Kier molecular flexibility index (Phi) is 8.90. The average molecular weight is 463 g/mol. The number of carbonyl (C=O) groups excluding carboxylic acids is 1. The number of hydrogen-bond acceptors (Lipinski definition) is 6. The molecule has 1 aliphatic rings. The van der Waals surface area contributed by atoms with Crippen LogP contribution >= 0.6 is 0 Å². The number of morpholine rings is 1. The van der Waals surface area contributed by atoms with Gasteiger partial charge in [0.25, 0.3) is 0 Å². The molecule has 0 atom stereocenters. The molecule has 32 heavy (non-hydrogen) atoms. The van der Waals surface area contributed by atoms with Crippen molar-refractivity contribution in [1.29, 1.82) is 0 Å². The van der Waals surface area contributed by atoms with Gasteiger partial charge < -0.3 is 19.5 Å². The molecular formula is C23H30N2O6S. The first-order chi connectivity index (χ1) is 15.4. The topological polar surface area (TPSA) is 94.2 Å². The summed E-state index contributed by atoms with van der Waals surface area (Å²) in [6.07, 6.45) is 1.000. The van der Waals surface area contributed by atoms with Gasteiger partial charge in [-0.3, -0.25) is 4.79 Å². The van der Waals surface area contributed by atoms with E-state index in [2.05, 4.69) is 5.32 Å². The molecule has 0 aromatic heterocycles. The Morgan fingerprint density at radius 1 is 0.969 bits per heavy atom. The largest absolute Gasteiger partial charge is 0.494 e. The molecule has 1 fully saturated rings. The van der Waals surface area contributed by atoms with Crippen molar-refractivity contribution < 1.29 is 27.4 Å². The summed E-state index contributed by atoms with van der Waals surface area (Å²) >= 11 is 0. The Labute approximate surface area is 189 Å². The Morgan fingerprint density at radius 3 is 2.22 bits per heavy atom. The summed E-state index contributed by atoms with van der Waals surface area (Å²) in [6, 6.07) is 14.1. The van der Waals surface area contributed by atoms with Crippen molar-refractivity contribution in [2.24, 2.45) is 0 Å². The third-order valence-corrected chi connectivity index (χ3v) is 6.88. The number of benzene rings is 2. The summed E-state index contributed by atoms with van der Waals surface area (Å²) in [5.74, 6) is 1.29. The van der Waals surface area contributed by atoms with Crippen molar-refractivity contribution in [3.63, 3.8) is 0 Å². The molecule has 9 heteroatoms. The fraction of sp³-hybridized carbons (Fsp3) is 0.435. The SMILES string of the molecule is Cc1ccc(OCCCC(=O)NCCOc2ccc(S(=O)(=O)N3CCOCC3)cc2)cc1. The molecule has 0 bridgehead atoms. The minimum atomic E-state index is -3.52. The number of nitrogens with zero attached hydrogens (tertiary/aromatic N) is 1. The number of amides is 1. The van der Waals surface area contributed by atoms with Crippen LogP contribution in [0.2, 0.25) is 0 Å². The second-order valence-corrected chi connectivity index (χ2v) is 9.39. The molecular weight excluding hydrogens is 432 g/mol. The van der Waals surface area contributed by atoms with Crippen LogP contribution in [0.4, 0.5) is 0 Å². The van der Waals surface area contributed by atoms with Crippen LogP contribution in [0.25, 0.3) is 0 Å². The molecule has 1 heterocycles. The molecule has 0 spiro atoms. The van der Waals surface area contributed by atoms with Crippen molar-refractivity contribution >= 4 is 15.9 Å². The summed E-state index contributed by atoms with van der Waals surface area (Å²) in [7, 11) is -3.52. The molecule has 2 aromatic carbocycles. The molecule has 1 aliphatic heterocycles. The smallest absolute Gasteiger partial charge is 0.243 e. The van der Waals surface area contributed by atoms with Crippen LogP contribution in [0.5, 0.6) is 11.5 Å². The van der Waals surface area contributed by atoms with Gasteiger partial charge in [0.15, 0.2) is 0 Å². The van der Waals surface area contributed by atoms with Gasteiger partial charge in [0, 0.05) is 19.5 Å². The van der Waals surface area contributed by atoms with Crippen LogP contribution in [-0.4, -0.2) is 64.7 Å². The van der Waals surface area contributed by atoms with Gasteiger partial charge in [-0.05, 0) is 49.7 Å². The van der Waals surface area contributed by atoms with E-state index >= 15 is 0 Å². The molecule has 1 saturated heterocycles. The van der Waals surface area contributed by atoms with Gasteiger partial charge >= 0.3 is 0 Å². The third kappa shape index (κ3) is 7.22. The zero-order valence-corrected chi connectivity index (χ0v) is 19.1. The number of sulfonamides is 1. The molecule has 1 amide bonds. The molecule has 3 rings (SSSR count). The molecule has 174 valence electrons. The third-order valence-electron chi connectivity index (χ3n) is 4.96. The lowest BCUT2D eigenvalue weighted by Gasteiger charge is -2.26. The van der Waals surface area contributed by atoms with Crippen molar-refractivity contribution in [2.75, 3.05) is 46.1 Å². The Bertz CT molecular complexity index is 955. The van der Waals surface area contributed by atoms with Gasteiger partial charge in [-0.15, -0.1) is 0 Å². The lowest BCUT2D eigenvalue weighted by Crippen LogP contribution is -2.40. The van der Waals surface area contributed by atoms with Crippen LogP contribution in [0.1, 0.15) is 18.4 Å². The number of ether oxygens (including phenoxy) is 3. The van der Waals surface area contributed by atoms with E-state index < -0.39 is 10.0 Å². The van der Waals surface area contributed by atoms with E-state index in [1.54, 1.807) is 12.1 Å². The zero-order valence-electron chi connectivity index (χ0n) is 18.3. The first-order valence-corrected chi connectivity index (χ1v) is 12.2. The Morgan fingerprint density at radius 2 is 1.56 bits per heavy atom. The van der Waals surface area contributed by atoms with Gasteiger partial charge in [0.05, 0.1) is 31.3 Å². The summed E-state index contributed by atoms with van der Waals surface area (Å²) in [6.45, 7) is 4.69. The van der Waals surface area contributed by atoms with Crippen molar-refractivity contribution in [3.8, 4) is 11.5 Å². The van der Waals surface area contributed by atoms with Crippen LogP contribution in [0.15, 0.2) is 53.4 Å². The van der Waals surface area contributed by atoms with Gasteiger partial charge in [-0.1, -0.05) is 17.7 Å². The minimum absolute atomic E-state index is 0.0620. The monoisotopic (exact) mass is 462 g/mol. The van der Waals surface area contributed by atoms with E-state index in [9.17, 15) is 13.2 Å². The second-order valence-electron chi connectivity index (χ2n) is 7.45. The summed E-state index contributed by atoms with van der Waals surface area (Å²) in [5, 5.41) is 2.80. The number of rotatable bonds is 11. The predicted molar refractivity (Wildman–Crippen MR) is 120 cm³/mol. The summed E-state index contributed by atoms with van der Waals surface area (Å²) < 4.78 is 43.1. The predicted octanol–water partition coefficient (Wildman–Crippen LogP) is 2.37. The van der Waals surface area contributed by atoms with E-state index in [1.807, 2.05) is 31.2 Å². The first kappa shape index (κ1) is 24.0. The van der Waals surface area contributed by atoms with Crippen molar-refractivity contribution in [1.82, 2.24) is 9.62 Å². The van der Waals surface area contributed by atoms with E-state index in [1.165, 1.54) is 22.0 Å². The van der Waals surface area contributed by atoms with Crippen LogP contribution in [0.3, 0.4) is 0 Å². The van der Waals surface area contributed by atoms with Crippen LogP contribution in [-0.2, 0) is 19.6 Å². The Balaban J connectivity index is 1.31. The first-order valence-electron chi connectivity index (χ1n) is 10.7. The maximum atomic E-state index is 12.6. The lowest BCUT2D eigenvalue weighted by molar-refractivity contribution is -0.121. The summed E-state index contributed by atoms with van der Waals surface area (Å²) in [4.78, 5) is 12.1. The highest BCUT2D eigenvalue weighted by atomic mass is 32.2. The van der Waals surface area contributed by atoms with E-state index in [0.29, 0.717) is 64.7 Å². The van der Waals surface area contributed by atoms with Crippen molar-refractivity contribution in [2.45, 2.75) is 24.7 Å². The zero-order chi connectivity index (χ0) is 22.8. The van der Waals surface area contributed by atoms with E-state index in [0.717, 1.165) is 5.75 Å². The van der Waals surface area contributed by atoms with E-state index in [-0.39, 0.29) is 10.8 Å². The molecule has 0 radical (unpaired) electrons. The molecule has 8 nitrogen and oxygen atoms in total. The van der Waals surface area contributed by atoms with E-state index in [4.69, 9.17) is 14.2 Å². The highest BCUT2D eigenvalue weighted by Crippen LogP contribution is 2.20. The minimum Gasteiger partial charge on any atom is -0.494 e. The van der Waals surface area contributed by atoms with Crippen molar-refractivity contribution in [3.05, 3.63) is 54.1 Å². The van der Waals surface area contributed by atoms with Crippen LogP contribution in [0, 0.1) is 6.92 Å².